The Hall–Kier alpha value is -1.06. The minimum Gasteiger partial charge on any atom is -0.344 e. The van der Waals surface area contributed by atoms with Gasteiger partial charge < -0.3 is 10.2 Å². The van der Waals surface area contributed by atoms with Gasteiger partial charge in [-0.25, -0.2) is 0 Å². The number of carbonyl (C=O) groups is 2. The largest absolute Gasteiger partial charge is 0.344 e. The maximum absolute atomic E-state index is 12.3. The van der Waals surface area contributed by atoms with E-state index >= 15 is 0 Å². The lowest BCUT2D eigenvalue weighted by atomic mass is 10.1. The van der Waals surface area contributed by atoms with Gasteiger partial charge in [-0.1, -0.05) is 33.1 Å². The van der Waals surface area contributed by atoms with E-state index in [4.69, 9.17) is 0 Å². The topological polar surface area (TPSA) is 49.4 Å². The molecule has 2 amide bonds. The molecule has 4 heteroatoms. The van der Waals surface area contributed by atoms with Crippen LogP contribution in [0.15, 0.2) is 0 Å². The smallest absolute Gasteiger partial charge is 0.245 e. The summed E-state index contributed by atoms with van der Waals surface area (Å²) in [6.07, 6.45) is 5.70. The first-order chi connectivity index (χ1) is 8.60. The predicted molar refractivity (Wildman–Crippen MR) is 72.2 cm³/mol. The molecule has 2 unspecified atom stereocenters. The first kappa shape index (κ1) is 15.0. The molecule has 1 aliphatic rings. The normalized spacial score (nSPS) is 24.9. The molecule has 0 aromatic heterocycles. The van der Waals surface area contributed by atoms with E-state index in [1.807, 2.05) is 18.7 Å². The van der Waals surface area contributed by atoms with Gasteiger partial charge in [0.05, 0.1) is 0 Å². The second-order valence-corrected chi connectivity index (χ2v) is 5.17. The molecule has 1 heterocycles. The van der Waals surface area contributed by atoms with Gasteiger partial charge in [0.2, 0.25) is 11.8 Å². The molecule has 0 saturated carbocycles. The predicted octanol–water partition coefficient (Wildman–Crippen LogP) is 2.08. The first-order valence-corrected chi connectivity index (χ1v) is 7.20. The molecular weight excluding hydrogens is 228 g/mol. The third-order valence-electron chi connectivity index (χ3n) is 3.59. The van der Waals surface area contributed by atoms with Crippen LogP contribution in [-0.4, -0.2) is 35.3 Å². The number of carbonyl (C=O) groups excluding carboxylic acids is 2. The number of hydrogen-bond donors (Lipinski definition) is 1. The van der Waals surface area contributed by atoms with Crippen LogP contribution in [0.2, 0.25) is 0 Å². The van der Waals surface area contributed by atoms with Crippen molar-refractivity contribution in [2.75, 3.05) is 6.54 Å². The van der Waals surface area contributed by atoms with Gasteiger partial charge in [-0.05, 0) is 19.8 Å². The van der Waals surface area contributed by atoms with Gasteiger partial charge in [-0.3, -0.25) is 9.59 Å². The highest BCUT2D eigenvalue weighted by Crippen LogP contribution is 2.14. The van der Waals surface area contributed by atoms with Gasteiger partial charge in [0.15, 0.2) is 0 Å². The van der Waals surface area contributed by atoms with Crippen molar-refractivity contribution >= 4 is 11.8 Å². The van der Waals surface area contributed by atoms with Gasteiger partial charge in [0.1, 0.15) is 6.04 Å². The molecule has 18 heavy (non-hydrogen) atoms. The van der Waals surface area contributed by atoms with E-state index in [-0.39, 0.29) is 23.9 Å². The molecular formula is C14H26N2O2. The summed E-state index contributed by atoms with van der Waals surface area (Å²) in [5, 5.41) is 2.81. The molecule has 1 saturated heterocycles. The highest BCUT2D eigenvalue weighted by atomic mass is 16.2. The van der Waals surface area contributed by atoms with Crippen molar-refractivity contribution in [3.63, 3.8) is 0 Å². The summed E-state index contributed by atoms with van der Waals surface area (Å²) in [6.45, 7) is 6.87. The van der Waals surface area contributed by atoms with Crippen molar-refractivity contribution < 1.29 is 9.59 Å². The summed E-state index contributed by atoms with van der Waals surface area (Å²) >= 11 is 0. The van der Waals surface area contributed by atoms with Crippen LogP contribution in [0.4, 0.5) is 0 Å². The molecule has 1 aliphatic heterocycles. The molecule has 0 bridgehead atoms. The summed E-state index contributed by atoms with van der Waals surface area (Å²) in [5.41, 5.74) is 0. The number of rotatable bonds is 6. The Morgan fingerprint density at radius 3 is 2.56 bits per heavy atom. The zero-order valence-corrected chi connectivity index (χ0v) is 11.9. The summed E-state index contributed by atoms with van der Waals surface area (Å²) < 4.78 is 0. The highest BCUT2D eigenvalue weighted by molar-refractivity contribution is 5.90. The minimum atomic E-state index is -0.325. The fourth-order valence-electron chi connectivity index (χ4n) is 2.43. The SMILES string of the molecule is CCCCCCN1C(=O)C(CC)NC(=O)CC1C. The van der Waals surface area contributed by atoms with Gasteiger partial charge >= 0.3 is 0 Å². The lowest BCUT2D eigenvalue weighted by molar-refractivity contribution is -0.135. The Labute approximate surface area is 110 Å². The molecule has 2 atom stereocenters. The van der Waals surface area contributed by atoms with Gasteiger partial charge in [0.25, 0.3) is 0 Å². The summed E-state index contributed by atoms with van der Waals surface area (Å²) in [6, 6.07) is -0.302. The van der Waals surface area contributed by atoms with Crippen molar-refractivity contribution in [1.29, 1.82) is 0 Å². The molecule has 1 rings (SSSR count). The van der Waals surface area contributed by atoms with Crippen LogP contribution in [-0.2, 0) is 9.59 Å². The maximum Gasteiger partial charge on any atom is 0.245 e. The van der Waals surface area contributed by atoms with Crippen molar-refractivity contribution in [2.24, 2.45) is 0 Å². The Kier molecular flexibility index (Phi) is 6.16. The van der Waals surface area contributed by atoms with Crippen LogP contribution >= 0.6 is 0 Å². The van der Waals surface area contributed by atoms with Gasteiger partial charge in [-0.15, -0.1) is 0 Å². The maximum atomic E-state index is 12.3. The van der Waals surface area contributed by atoms with E-state index < -0.39 is 0 Å². The fraction of sp³-hybridized carbons (Fsp3) is 0.857. The van der Waals surface area contributed by atoms with Crippen molar-refractivity contribution in [1.82, 2.24) is 10.2 Å². The van der Waals surface area contributed by atoms with Crippen LogP contribution in [0.5, 0.6) is 0 Å². The third-order valence-corrected chi connectivity index (χ3v) is 3.59. The van der Waals surface area contributed by atoms with Crippen LogP contribution < -0.4 is 5.32 Å². The van der Waals surface area contributed by atoms with Crippen LogP contribution in [0.1, 0.15) is 59.3 Å². The fourth-order valence-corrected chi connectivity index (χ4v) is 2.43. The molecule has 0 aromatic carbocycles. The highest BCUT2D eigenvalue weighted by Gasteiger charge is 2.32. The molecule has 1 N–H and O–H groups in total. The Morgan fingerprint density at radius 2 is 1.94 bits per heavy atom. The average Bonchev–Trinajstić information content (AvgIpc) is 2.44. The number of hydrogen-bond acceptors (Lipinski definition) is 2. The van der Waals surface area contributed by atoms with E-state index in [0.717, 1.165) is 19.4 Å². The molecule has 0 radical (unpaired) electrons. The Bertz CT molecular complexity index is 292. The molecule has 0 aliphatic carbocycles. The lowest BCUT2D eigenvalue weighted by Crippen LogP contribution is -2.46. The second kappa shape index (κ2) is 7.39. The molecule has 104 valence electrons. The number of nitrogens with zero attached hydrogens (tertiary/aromatic N) is 1. The summed E-state index contributed by atoms with van der Waals surface area (Å²) in [7, 11) is 0. The van der Waals surface area contributed by atoms with Crippen molar-refractivity contribution in [2.45, 2.75) is 71.4 Å². The zero-order valence-electron chi connectivity index (χ0n) is 11.9. The summed E-state index contributed by atoms with van der Waals surface area (Å²) in [4.78, 5) is 25.8. The van der Waals surface area contributed by atoms with Crippen molar-refractivity contribution in [3.05, 3.63) is 0 Å². The van der Waals surface area contributed by atoms with E-state index in [1.54, 1.807) is 0 Å². The average molecular weight is 254 g/mol. The monoisotopic (exact) mass is 254 g/mol. The second-order valence-electron chi connectivity index (χ2n) is 5.17. The van der Waals surface area contributed by atoms with Crippen LogP contribution in [0, 0.1) is 0 Å². The molecule has 0 spiro atoms. The van der Waals surface area contributed by atoms with E-state index in [1.165, 1.54) is 12.8 Å². The Morgan fingerprint density at radius 1 is 1.22 bits per heavy atom. The quantitative estimate of drug-likeness (QED) is 0.738. The van der Waals surface area contributed by atoms with Gasteiger partial charge in [-0.2, -0.15) is 0 Å². The van der Waals surface area contributed by atoms with Crippen molar-refractivity contribution in [3.8, 4) is 0 Å². The zero-order chi connectivity index (χ0) is 13.5. The first-order valence-electron chi connectivity index (χ1n) is 7.20. The van der Waals surface area contributed by atoms with E-state index in [2.05, 4.69) is 12.2 Å². The van der Waals surface area contributed by atoms with Gasteiger partial charge in [0, 0.05) is 19.0 Å². The summed E-state index contributed by atoms with van der Waals surface area (Å²) in [5.74, 6) is 0.0890. The standard InChI is InChI=1S/C14H26N2O2/c1-4-6-7-8-9-16-11(3)10-13(17)15-12(5-2)14(16)18/h11-12H,4-10H2,1-3H3,(H,15,17). The molecule has 0 aromatic rings. The number of nitrogens with one attached hydrogen (secondary N) is 1. The lowest BCUT2D eigenvalue weighted by Gasteiger charge is -2.28. The molecule has 1 fully saturated rings. The van der Waals surface area contributed by atoms with E-state index in [9.17, 15) is 9.59 Å². The Balaban J connectivity index is 2.60. The van der Waals surface area contributed by atoms with E-state index in [0.29, 0.717) is 12.8 Å². The molecule has 4 nitrogen and oxygen atoms in total. The van der Waals surface area contributed by atoms with Crippen LogP contribution in [0.25, 0.3) is 0 Å². The van der Waals surface area contributed by atoms with Crippen LogP contribution in [0.3, 0.4) is 0 Å². The minimum absolute atomic E-state index is 0.00115. The number of amides is 2. The third kappa shape index (κ3) is 4.00. The number of unbranched alkanes of at least 4 members (excludes halogenated alkanes) is 3.